The van der Waals surface area contributed by atoms with Crippen LogP contribution in [0.5, 0.6) is 0 Å². The van der Waals surface area contributed by atoms with Crippen LogP contribution in [0.3, 0.4) is 0 Å². The van der Waals surface area contributed by atoms with E-state index in [-0.39, 0.29) is 0 Å². The molecule has 1 N–H and O–H groups in total. The number of nitriles is 1. The van der Waals surface area contributed by atoms with Crippen LogP contribution in [0.15, 0.2) is 36.7 Å². The highest BCUT2D eigenvalue weighted by molar-refractivity contribution is 5.85. The predicted octanol–water partition coefficient (Wildman–Crippen LogP) is 3.99. The normalized spacial score (nSPS) is 26.6. The summed E-state index contributed by atoms with van der Waals surface area (Å²) in [4.78, 5) is 4.24. The average molecular weight is 280 g/mol. The van der Waals surface area contributed by atoms with Gasteiger partial charge >= 0.3 is 0 Å². The first-order valence-electron chi connectivity index (χ1n) is 7.62. The Balaban J connectivity index is 2.04. The van der Waals surface area contributed by atoms with Gasteiger partial charge in [-0.3, -0.25) is 4.98 Å². The highest BCUT2D eigenvalue weighted by Crippen LogP contribution is 2.51. The molecule has 0 saturated heterocycles. The first-order valence-corrected chi connectivity index (χ1v) is 7.62. The zero-order valence-electron chi connectivity index (χ0n) is 12.3. The van der Waals surface area contributed by atoms with Gasteiger partial charge in [0.25, 0.3) is 0 Å². The summed E-state index contributed by atoms with van der Waals surface area (Å²) in [6, 6.07) is 10.3. The molecule has 3 atom stereocenters. The molecule has 1 saturated carbocycles. The largest absolute Gasteiger partial charge is 0.387 e. The Bertz CT molecular complexity index is 686. The fourth-order valence-corrected chi connectivity index (χ4v) is 3.60. The van der Waals surface area contributed by atoms with E-state index in [1.54, 1.807) is 12.4 Å². The Hall–Kier alpha value is -1.92. The molecule has 0 aliphatic heterocycles. The van der Waals surface area contributed by atoms with Gasteiger partial charge in [0.2, 0.25) is 0 Å². The molecule has 0 radical (unpaired) electrons. The molecule has 3 unspecified atom stereocenters. The summed E-state index contributed by atoms with van der Waals surface area (Å²) in [5.41, 5.74) is 0.123. The van der Waals surface area contributed by atoms with Gasteiger partial charge in [-0.05, 0) is 30.6 Å². The molecule has 3 nitrogen and oxygen atoms in total. The number of aliphatic hydroxyl groups excluding tert-OH is 1. The van der Waals surface area contributed by atoms with Gasteiger partial charge < -0.3 is 5.11 Å². The van der Waals surface area contributed by atoms with E-state index in [0.717, 1.165) is 42.0 Å². The van der Waals surface area contributed by atoms with Crippen molar-refractivity contribution in [3.05, 3.63) is 42.2 Å². The molecular weight excluding hydrogens is 260 g/mol. The molecular formula is C18H20N2O. The molecule has 3 heteroatoms. The van der Waals surface area contributed by atoms with Crippen LogP contribution in [0, 0.1) is 22.7 Å². The lowest BCUT2D eigenvalue weighted by molar-refractivity contribution is 0.0650. The van der Waals surface area contributed by atoms with Crippen molar-refractivity contribution < 1.29 is 5.11 Å². The lowest BCUT2D eigenvalue weighted by Gasteiger charge is -2.28. The monoisotopic (exact) mass is 280 g/mol. The predicted molar refractivity (Wildman–Crippen MR) is 82.4 cm³/mol. The fraction of sp³-hybridized carbons (Fsp3) is 0.444. The van der Waals surface area contributed by atoms with Gasteiger partial charge in [-0.1, -0.05) is 37.6 Å². The minimum Gasteiger partial charge on any atom is -0.387 e. The van der Waals surface area contributed by atoms with Crippen LogP contribution in [0.25, 0.3) is 10.8 Å². The van der Waals surface area contributed by atoms with Gasteiger partial charge in [-0.2, -0.15) is 5.26 Å². The van der Waals surface area contributed by atoms with Crippen molar-refractivity contribution in [2.45, 2.75) is 38.7 Å². The summed E-state index contributed by atoms with van der Waals surface area (Å²) in [6.07, 6.45) is 6.40. The standard InChI is InChI=1S/C18H20N2O/c1-2-13-7-8-18(9-13,12-19)17(21)16-11-20-10-14-5-3-4-6-15(14)16/h3-6,10-11,13,17,21H,2,7-9H2,1H3. The first-order chi connectivity index (χ1) is 10.2. The van der Waals surface area contributed by atoms with Crippen LogP contribution < -0.4 is 0 Å². The van der Waals surface area contributed by atoms with Crippen molar-refractivity contribution in [1.29, 1.82) is 5.26 Å². The van der Waals surface area contributed by atoms with Gasteiger partial charge in [-0.25, -0.2) is 0 Å². The van der Waals surface area contributed by atoms with Crippen molar-refractivity contribution in [3.63, 3.8) is 0 Å². The Labute approximate surface area is 125 Å². The van der Waals surface area contributed by atoms with Crippen LogP contribution in [0.1, 0.15) is 44.3 Å². The van der Waals surface area contributed by atoms with Crippen molar-refractivity contribution in [1.82, 2.24) is 4.98 Å². The van der Waals surface area contributed by atoms with Crippen LogP contribution in [-0.2, 0) is 0 Å². The van der Waals surface area contributed by atoms with E-state index in [9.17, 15) is 10.4 Å². The van der Waals surface area contributed by atoms with Crippen molar-refractivity contribution >= 4 is 10.8 Å². The Morgan fingerprint density at radius 2 is 2.24 bits per heavy atom. The summed E-state index contributed by atoms with van der Waals surface area (Å²) >= 11 is 0. The quantitative estimate of drug-likeness (QED) is 0.924. The second-order valence-corrected chi connectivity index (χ2v) is 6.14. The maximum atomic E-state index is 10.9. The third-order valence-corrected chi connectivity index (χ3v) is 4.97. The molecule has 1 aliphatic rings. The van der Waals surface area contributed by atoms with Crippen LogP contribution in [0.2, 0.25) is 0 Å². The van der Waals surface area contributed by atoms with Gasteiger partial charge in [0, 0.05) is 23.3 Å². The lowest BCUT2D eigenvalue weighted by Crippen LogP contribution is -2.25. The topological polar surface area (TPSA) is 56.9 Å². The molecule has 0 bridgehead atoms. The fourth-order valence-electron chi connectivity index (χ4n) is 3.60. The molecule has 21 heavy (non-hydrogen) atoms. The summed E-state index contributed by atoms with van der Waals surface area (Å²) < 4.78 is 0. The highest BCUT2D eigenvalue weighted by atomic mass is 16.3. The zero-order valence-corrected chi connectivity index (χ0v) is 12.3. The Morgan fingerprint density at radius 3 is 2.95 bits per heavy atom. The van der Waals surface area contributed by atoms with Gasteiger partial charge in [-0.15, -0.1) is 0 Å². The van der Waals surface area contributed by atoms with Crippen molar-refractivity contribution in [2.24, 2.45) is 11.3 Å². The molecule has 0 spiro atoms. The number of hydrogen-bond donors (Lipinski definition) is 1. The highest BCUT2D eigenvalue weighted by Gasteiger charge is 2.45. The molecule has 1 aromatic carbocycles. The van der Waals surface area contributed by atoms with E-state index < -0.39 is 11.5 Å². The molecule has 2 aromatic rings. The molecule has 0 amide bonds. The van der Waals surface area contributed by atoms with E-state index in [1.807, 2.05) is 24.3 Å². The van der Waals surface area contributed by atoms with Gasteiger partial charge in [0.1, 0.15) is 0 Å². The molecule has 3 rings (SSSR count). The smallest absolute Gasteiger partial charge is 0.0997 e. The van der Waals surface area contributed by atoms with Crippen LogP contribution in [0.4, 0.5) is 0 Å². The summed E-state index contributed by atoms with van der Waals surface area (Å²) in [6.45, 7) is 2.16. The number of aromatic nitrogens is 1. The van der Waals surface area contributed by atoms with Crippen LogP contribution >= 0.6 is 0 Å². The van der Waals surface area contributed by atoms with Gasteiger partial charge in [0.05, 0.1) is 17.6 Å². The van der Waals surface area contributed by atoms with Crippen molar-refractivity contribution in [2.75, 3.05) is 0 Å². The molecule has 1 heterocycles. The lowest BCUT2D eigenvalue weighted by atomic mass is 9.77. The number of benzene rings is 1. The summed E-state index contributed by atoms with van der Waals surface area (Å²) in [5.74, 6) is 0.544. The minimum absolute atomic E-state index is 0.544. The maximum absolute atomic E-state index is 10.9. The summed E-state index contributed by atoms with van der Waals surface area (Å²) in [7, 11) is 0. The number of nitrogens with zero attached hydrogens (tertiary/aromatic N) is 2. The molecule has 108 valence electrons. The van der Waals surface area contributed by atoms with Crippen molar-refractivity contribution in [3.8, 4) is 6.07 Å². The van der Waals surface area contributed by atoms with E-state index in [1.165, 1.54) is 0 Å². The number of pyridine rings is 1. The number of rotatable bonds is 3. The second kappa shape index (κ2) is 5.46. The Kier molecular flexibility index (Phi) is 3.65. The van der Waals surface area contributed by atoms with Gasteiger partial charge in [0.15, 0.2) is 0 Å². The Morgan fingerprint density at radius 1 is 1.43 bits per heavy atom. The molecule has 1 aromatic heterocycles. The first kappa shape index (κ1) is 14.0. The number of hydrogen-bond acceptors (Lipinski definition) is 3. The molecule has 1 fully saturated rings. The second-order valence-electron chi connectivity index (χ2n) is 6.14. The average Bonchev–Trinajstić information content (AvgIpc) is 2.98. The number of aliphatic hydroxyl groups is 1. The van der Waals surface area contributed by atoms with E-state index in [0.29, 0.717) is 5.92 Å². The summed E-state index contributed by atoms with van der Waals surface area (Å²) in [5, 5.41) is 22.6. The van der Waals surface area contributed by atoms with E-state index >= 15 is 0 Å². The number of fused-ring (bicyclic) bond motifs is 1. The maximum Gasteiger partial charge on any atom is 0.0997 e. The van der Waals surface area contributed by atoms with E-state index in [2.05, 4.69) is 18.0 Å². The molecule has 1 aliphatic carbocycles. The minimum atomic E-state index is -0.766. The zero-order chi connectivity index (χ0) is 14.9. The third kappa shape index (κ3) is 2.30. The van der Waals surface area contributed by atoms with E-state index in [4.69, 9.17) is 0 Å². The third-order valence-electron chi connectivity index (χ3n) is 4.97. The van der Waals surface area contributed by atoms with Crippen LogP contribution in [-0.4, -0.2) is 10.1 Å². The SMILES string of the molecule is CCC1CCC(C#N)(C(O)c2cncc3ccccc23)C1.